The average molecular weight is 448 g/mol. The van der Waals surface area contributed by atoms with E-state index in [-0.39, 0.29) is 11.5 Å². The summed E-state index contributed by atoms with van der Waals surface area (Å²) in [7, 11) is 0. The number of fused-ring (bicyclic) bond motifs is 3. The quantitative estimate of drug-likeness (QED) is 0.358. The summed E-state index contributed by atoms with van der Waals surface area (Å²) in [4.78, 5) is 4.94. The Morgan fingerprint density at radius 1 is 0.818 bits per heavy atom. The number of aryl methyl sites for hydroxylation is 1. The third-order valence-electron chi connectivity index (χ3n) is 5.72. The van der Waals surface area contributed by atoms with Gasteiger partial charge in [0.05, 0.1) is 11.4 Å². The topological polar surface area (TPSA) is 68.4 Å². The predicted octanol–water partition coefficient (Wildman–Crippen LogP) is 6.37. The Bertz CT molecular complexity index is 1330. The first-order valence-corrected chi connectivity index (χ1v) is 10.3. The van der Waals surface area contributed by atoms with E-state index in [0.717, 1.165) is 51.9 Å². The Balaban J connectivity index is 1.67. The molecule has 0 aliphatic heterocycles. The van der Waals surface area contributed by atoms with Crippen LogP contribution in [0.1, 0.15) is 11.1 Å². The van der Waals surface area contributed by atoms with Crippen LogP contribution in [0.3, 0.4) is 0 Å². The number of anilines is 1. The number of halogens is 3. The van der Waals surface area contributed by atoms with Crippen LogP contribution in [0.5, 0.6) is 11.5 Å². The lowest BCUT2D eigenvalue weighted by molar-refractivity contribution is -0.274. The molecule has 1 aromatic heterocycles. The maximum atomic E-state index is 12.6. The number of aromatic hydroxyl groups is 1. The van der Waals surface area contributed by atoms with Crippen molar-refractivity contribution in [3.63, 3.8) is 0 Å². The summed E-state index contributed by atoms with van der Waals surface area (Å²) in [6.45, 7) is 0. The van der Waals surface area contributed by atoms with Crippen molar-refractivity contribution in [2.75, 3.05) is 5.73 Å². The first-order valence-electron chi connectivity index (χ1n) is 10.3. The summed E-state index contributed by atoms with van der Waals surface area (Å²) in [6, 6.07) is 20.3. The highest BCUT2D eigenvalue weighted by Crippen LogP contribution is 2.41. The molecule has 4 aromatic rings. The zero-order valence-electron chi connectivity index (χ0n) is 17.4. The van der Waals surface area contributed by atoms with E-state index >= 15 is 0 Å². The number of nitrogens with two attached hydrogens (primary N) is 1. The van der Waals surface area contributed by atoms with E-state index in [1.165, 1.54) is 12.1 Å². The van der Waals surface area contributed by atoms with Gasteiger partial charge >= 0.3 is 6.36 Å². The molecule has 1 aliphatic rings. The van der Waals surface area contributed by atoms with Gasteiger partial charge in [-0.1, -0.05) is 18.2 Å². The van der Waals surface area contributed by atoms with Crippen molar-refractivity contribution in [2.24, 2.45) is 0 Å². The Morgan fingerprint density at radius 3 is 2.21 bits per heavy atom. The molecule has 4 nitrogen and oxygen atoms in total. The van der Waals surface area contributed by atoms with Crippen LogP contribution in [0.15, 0.2) is 72.8 Å². The Morgan fingerprint density at radius 2 is 1.52 bits per heavy atom. The molecule has 0 fully saturated rings. The van der Waals surface area contributed by atoms with Crippen molar-refractivity contribution in [2.45, 2.75) is 19.2 Å². The van der Waals surface area contributed by atoms with E-state index in [1.807, 2.05) is 24.3 Å². The fraction of sp³-hybridized carbons (Fsp3) is 0.115. The third kappa shape index (κ3) is 4.22. The van der Waals surface area contributed by atoms with Crippen molar-refractivity contribution in [1.29, 1.82) is 0 Å². The van der Waals surface area contributed by atoms with E-state index in [2.05, 4.69) is 4.74 Å². The zero-order chi connectivity index (χ0) is 23.2. The maximum Gasteiger partial charge on any atom is 0.573 e. The molecule has 3 N–H and O–H groups in total. The molecule has 3 aromatic carbocycles. The number of hydrogen-bond donors (Lipinski definition) is 2. The minimum atomic E-state index is -4.74. The van der Waals surface area contributed by atoms with Gasteiger partial charge in [-0.3, -0.25) is 0 Å². The standard InChI is InChI=1S/C26H19F3N2O2/c27-26(28,29)33-20-9-3-15(4-10-20)23-14-24(16-1-7-19(32)8-2-16)31-25-21-12-6-18(30)13-17(21)5-11-22(23)25/h1-4,6-10,12-14,32H,5,11,30H2. The maximum absolute atomic E-state index is 12.6. The number of ether oxygens (including phenoxy) is 1. The van der Waals surface area contributed by atoms with Gasteiger partial charge in [-0.2, -0.15) is 0 Å². The van der Waals surface area contributed by atoms with Crippen molar-refractivity contribution < 1.29 is 23.0 Å². The van der Waals surface area contributed by atoms with Gasteiger partial charge < -0.3 is 15.6 Å². The van der Waals surface area contributed by atoms with Crippen LogP contribution in [0.4, 0.5) is 18.9 Å². The summed E-state index contributed by atoms with van der Waals surface area (Å²) in [5.74, 6) is -0.119. The molecule has 0 saturated heterocycles. The highest BCUT2D eigenvalue weighted by Gasteiger charge is 2.31. The average Bonchev–Trinajstić information content (AvgIpc) is 2.78. The van der Waals surface area contributed by atoms with Crippen molar-refractivity contribution in [3.8, 4) is 45.1 Å². The highest BCUT2D eigenvalue weighted by atomic mass is 19.4. The Labute approximate surface area is 188 Å². The number of phenols is 1. The molecule has 5 rings (SSSR count). The van der Waals surface area contributed by atoms with E-state index in [0.29, 0.717) is 11.4 Å². The molecule has 0 unspecified atom stereocenters. The fourth-order valence-electron chi connectivity index (χ4n) is 4.23. The lowest BCUT2D eigenvalue weighted by Crippen LogP contribution is -2.17. The first-order chi connectivity index (χ1) is 15.8. The van der Waals surface area contributed by atoms with Crippen molar-refractivity contribution in [1.82, 2.24) is 4.98 Å². The van der Waals surface area contributed by atoms with Gasteiger partial charge in [-0.05, 0) is 89.7 Å². The number of nitrogen functional groups attached to an aromatic ring is 1. The summed E-state index contributed by atoms with van der Waals surface area (Å²) in [5, 5.41) is 9.67. The summed E-state index contributed by atoms with van der Waals surface area (Å²) >= 11 is 0. The molecule has 0 radical (unpaired) electrons. The summed E-state index contributed by atoms with van der Waals surface area (Å²) in [5.41, 5.74) is 13.8. The molecule has 0 bridgehead atoms. The van der Waals surface area contributed by atoms with Gasteiger partial charge in [-0.25, -0.2) is 4.98 Å². The number of phenolic OH excluding ortho intramolecular Hbond substituents is 1. The second-order valence-electron chi connectivity index (χ2n) is 7.92. The van der Waals surface area contributed by atoms with E-state index in [1.54, 1.807) is 36.4 Å². The number of alkyl halides is 3. The lowest BCUT2D eigenvalue weighted by Gasteiger charge is -2.23. The number of nitrogens with zero attached hydrogens (tertiary/aromatic N) is 1. The largest absolute Gasteiger partial charge is 0.573 e. The van der Waals surface area contributed by atoms with Crippen LogP contribution in [-0.2, 0) is 12.8 Å². The SMILES string of the molecule is Nc1ccc2c(c1)CCc1c(-c3ccc(OC(F)(F)F)cc3)cc(-c3ccc(O)cc3)nc1-2. The minimum Gasteiger partial charge on any atom is -0.508 e. The lowest BCUT2D eigenvalue weighted by atomic mass is 9.84. The van der Waals surface area contributed by atoms with Gasteiger partial charge in [-0.15, -0.1) is 13.2 Å². The molecule has 0 atom stereocenters. The fourth-order valence-corrected chi connectivity index (χ4v) is 4.23. The van der Waals surface area contributed by atoms with Gasteiger partial charge in [0.25, 0.3) is 0 Å². The first kappa shape index (κ1) is 20.9. The van der Waals surface area contributed by atoms with Crippen molar-refractivity contribution in [3.05, 3.63) is 83.9 Å². The molecular formula is C26H19F3N2O2. The van der Waals surface area contributed by atoms with Gasteiger partial charge in [0.15, 0.2) is 0 Å². The van der Waals surface area contributed by atoms with E-state index in [4.69, 9.17) is 10.7 Å². The second kappa shape index (κ2) is 7.85. The number of rotatable bonds is 3. The van der Waals surface area contributed by atoms with E-state index in [9.17, 15) is 18.3 Å². The van der Waals surface area contributed by atoms with Gasteiger partial charge in [0.1, 0.15) is 11.5 Å². The molecular weight excluding hydrogens is 429 g/mol. The third-order valence-corrected chi connectivity index (χ3v) is 5.72. The molecule has 0 spiro atoms. The van der Waals surface area contributed by atoms with Crippen LogP contribution < -0.4 is 10.5 Å². The predicted molar refractivity (Wildman–Crippen MR) is 121 cm³/mol. The zero-order valence-corrected chi connectivity index (χ0v) is 17.4. The molecule has 1 aliphatic carbocycles. The molecule has 0 amide bonds. The van der Waals surface area contributed by atoms with Gasteiger partial charge in [0.2, 0.25) is 0 Å². The smallest absolute Gasteiger partial charge is 0.508 e. The number of aromatic nitrogens is 1. The van der Waals surface area contributed by atoms with Crippen molar-refractivity contribution >= 4 is 5.69 Å². The monoisotopic (exact) mass is 448 g/mol. The van der Waals surface area contributed by atoms with Crippen LogP contribution in [-0.4, -0.2) is 16.5 Å². The number of benzene rings is 3. The highest BCUT2D eigenvalue weighted by molar-refractivity contribution is 5.84. The molecule has 7 heteroatoms. The van der Waals surface area contributed by atoms with E-state index < -0.39 is 6.36 Å². The normalized spacial score (nSPS) is 12.7. The molecule has 166 valence electrons. The van der Waals surface area contributed by atoms with Crippen LogP contribution in [0, 0.1) is 0 Å². The van der Waals surface area contributed by atoms with Gasteiger partial charge in [0, 0.05) is 16.8 Å². The Hall–Kier alpha value is -4.00. The number of pyridine rings is 1. The van der Waals surface area contributed by atoms with Crippen LogP contribution >= 0.6 is 0 Å². The summed E-state index contributed by atoms with van der Waals surface area (Å²) < 4.78 is 41.7. The Kier molecular flexibility index (Phi) is 4.96. The number of hydrogen-bond acceptors (Lipinski definition) is 4. The van der Waals surface area contributed by atoms with Crippen LogP contribution in [0.25, 0.3) is 33.6 Å². The second-order valence-corrected chi connectivity index (χ2v) is 7.92. The molecule has 33 heavy (non-hydrogen) atoms. The minimum absolute atomic E-state index is 0.151. The summed E-state index contributed by atoms with van der Waals surface area (Å²) in [6.07, 6.45) is -3.23. The molecule has 0 saturated carbocycles. The van der Waals surface area contributed by atoms with Crippen LogP contribution in [0.2, 0.25) is 0 Å². The molecule has 1 heterocycles.